The van der Waals surface area contributed by atoms with Crippen LogP contribution in [0.1, 0.15) is 18.5 Å². The highest BCUT2D eigenvalue weighted by molar-refractivity contribution is 6.35. The smallest absolute Gasteiger partial charge is 0.219 e. The third kappa shape index (κ3) is 2.84. The molecule has 0 fully saturated rings. The van der Waals surface area contributed by atoms with Crippen molar-refractivity contribution in [2.75, 3.05) is 0 Å². The number of halogens is 1. The van der Waals surface area contributed by atoms with Gasteiger partial charge in [-0.05, 0) is 30.7 Å². The molecule has 0 saturated heterocycles. The summed E-state index contributed by atoms with van der Waals surface area (Å²) in [6.07, 6.45) is 1.70. The topological polar surface area (TPSA) is 48.1 Å². The predicted octanol–water partition coefficient (Wildman–Crippen LogP) is 4.70. The van der Waals surface area contributed by atoms with Gasteiger partial charge in [0.05, 0.1) is 0 Å². The summed E-state index contributed by atoms with van der Waals surface area (Å²) < 4.78 is 5.91. The maximum atomic E-state index is 6.21. The molecule has 0 unspecified atom stereocenters. The lowest BCUT2D eigenvalue weighted by Gasteiger charge is -2.11. The Morgan fingerprint density at radius 2 is 1.86 bits per heavy atom. The summed E-state index contributed by atoms with van der Waals surface area (Å²) in [6.45, 7) is 1.93. The number of hydrogen-bond donors (Lipinski definition) is 1. The van der Waals surface area contributed by atoms with Gasteiger partial charge in [0.25, 0.3) is 0 Å². The Hall–Kier alpha value is -2.10. The number of ether oxygens (including phenoxy) is 1. The zero-order chi connectivity index (χ0) is 14.8. The number of benzene rings is 2. The van der Waals surface area contributed by atoms with Gasteiger partial charge in [0.1, 0.15) is 5.75 Å². The summed E-state index contributed by atoms with van der Waals surface area (Å²) in [6, 6.07) is 15.2. The Morgan fingerprint density at radius 1 is 1.10 bits per heavy atom. The molecule has 21 heavy (non-hydrogen) atoms. The monoisotopic (exact) mass is 298 g/mol. The van der Waals surface area contributed by atoms with Crippen molar-refractivity contribution in [3.63, 3.8) is 0 Å². The first kappa shape index (κ1) is 13.9. The molecule has 1 heterocycles. The van der Waals surface area contributed by atoms with Crippen LogP contribution in [0.5, 0.6) is 11.6 Å². The van der Waals surface area contributed by atoms with Gasteiger partial charge in [0.15, 0.2) is 0 Å². The Balaban J connectivity index is 2.02. The standard InChI is InChI=1S/C17H15ClN2O/c1-11(19)12-8-9-20-17(10-12)21-16-7-6-15(18)13-4-2-3-5-14(13)16/h2-11H,19H2,1H3/t11-/m1/s1. The summed E-state index contributed by atoms with van der Waals surface area (Å²) in [5.74, 6) is 1.25. The second-order valence-electron chi connectivity index (χ2n) is 4.91. The van der Waals surface area contributed by atoms with Gasteiger partial charge in [-0.2, -0.15) is 0 Å². The van der Waals surface area contributed by atoms with Crippen molar-refractivity contribution in [1.29, 1.82) is 0 Å². The van der Waals surface area contributed by atoms with Crippen molar-refractivity contribution in [3.8, 4) is 11.6 Å². The highest BCUT2D eigenvalue weighted by Crippen LogP contribution is 2.33. The number of aromatic nitrogens is 1. The first-order valence-corrected chi connectivity index (χ1v) is 7.09. The van der Waals surface area contributed by atoms with E-state index in [4.69, 9.17) is 22.1 Å². The Morgan fingerprint density at radius 3 is 2.62 bits per heavy atom. The summed E-state index contributed by atoms with van der Waals surface area (Å²) >= 11 is 6.21. The van der Waals surface area contributed by atoms with Crippen LogP contribution in [0.2, 0.25) is 5.02 Å². The molecule has 3 rings (SSSR count). The molecule has 0 amide bonds. The molecule has 0 aliphatic rings. The largest absolute Gasteiger partial charge is 0.438 e. The van der Waals surface area contributed by atoms with Gasteiger partial charge in [-0.15, -0.1) is 0 Å². The van der Waals surface area contributed by atoms with Crippen LogP contribution in [-0.2, 0) is 0 Å². The molecule has 3 aromatic rings. The fourth-order valence-electron chi connectivity index (χ4n) is 2.20. The Bertz CT molecular complexity index is 787. The van der Waals surface area contributed by atoms with Gasteiger partial charge in [-0.25, -0.2) is 4.98 Å². The first-order chi connectivity index (χ1) is 10.1. The quantitative estimate of drug-likeness (QED) is 0.762. The Kier molecular flexibility index (Phi) is 3.78. The maximum Gasteiger partial charge on any atom is 0.219 e. The molecule has 3 nitrogen and oxygen atoms in total. The van der Waals surface area contributed by atoms with Crippen molar-refractivity contribution < 1.29 is 4.74 Å². The number of rotatable bonds is 3. The number of hydrogen-bond acceptors (Lipinski definition) is 3. The average molecular weight is 299 g/mol. The fourth-order valence-corrected chi connectivity index (χ4v) is 2.43. The van der Waals surface area contributed by atoms with Crippen molar-refractivity contribution >= 4 is 22.4 Å². The van der Waals surface area contributed by atoms with Gasteiger partial charge in [-0.3, -0.25) is 0 Å². The van der Waals surface area contributed by atoms with Gasteiger partial charge >= 0.3 is 0 Å². The molecule has 1 atom stereocenters. The third-order valence-electron chi connectivity index (χ3n) is 3.33. The van der Waals surface area contributed by atoms with E-state index in [1.165, 1.54) is 0 Å². The number of fused-ring (bicyclic) bond motifs is 1. The van der Waals surface area contributed by atoms with E-state index in [0.29, 0.717) is 10.9 Å². The van der Waals surface area contributed by atoms with E-state index in [1.54, 1.807) is 6.20 Å². The maximum absolute atomic E-state index is 6.21. The lowest BCUT2D eigenvalue weighted by atomic mass is 10.1. The van der Waals surface area contributed by atoms with Crippen molar-refractivity contribution in [3.05, 3.63) is 65.3 Å². The minimum absolute atomic E-state index is 0.0580. The predicted molar refractivity (Wildman–Crippen MR) is 85.9 cm³/mol. The molecule has 0 aliphatic heterocycles. The lowest BCUT2D eigenvalue weighted by Crippen LogP contribution is -2.05. The molecule has 0 spiro atoms. The third-order valence-corrected chi connectivity index (χ3v) is 3.66. The highest BCUT2D eigenvalue weighted by Gasteiger charge is 2.08. The first-order valence-electron chi connectivity index (χ1n) is 6.72. The lowest BCUT2D eigenvalue weighted by molar-refractivity contribution is 0.467. The number of nitrogens with zero attached hydrogens (tertiary/aromatic N) is 1. The SMILES string of the molecule is C[C@@H](N)c1ccnc(Oc2ccc(Cl)c3ccccc23)c1. The normalized spacial score (nSPS) is 12.3. The molecular formula is C17H15ClN2O. The second-order valence-corrected chi connectivity index (χ2v) is 5.32. The van der Waals surface area contributed by atoms with Gasteiger partial charge in [0, 0.05) is 34.1 Å². The van der Waals surface area contributed by atoms with E-state index in [-0.39, 0.29) is 6.04 Å². The summed E-state index contributed by atoms with van der Waals surface area (Å²) in [5.41, 5.74) is 6.87. The van der Waals surface area contributed by atoms with Crippen LogP contribution in [0.15, 0.2) is 54.7 Å². The van der Waals surface area contributed by atoms with Crippen molar-refractivity contribution in [2.24, 2.45) is 5.73 Å². The van der Waals surface area contributed by atoms with Crippen molar-refractivity contribution in [2.45, 2.75) is 13.0 Å². The van der Waals surface area contributed by atoms with Gasteiger partial charge in [0.2, 0.25) is 5.88 Å². The van der Waals surface area contributed by atoms with E-state index in [9.17, 15) is 0 Å². The van der Waals surface area contributed by atoms with Crippen LogP contribution in [0.25, 0.3) is 10.8 Å². The van der Waals surface area contributed by atoms with Gasteiger partial charge < -0.3 is 10.5 Å². The molecule has 0 radical (unpaired) electrons. The van der Waals surface area contributed by atoms with Crippen LogP contribution in [-0.4, -0.2) is 4.98 Å². The Labute approximate surface area is 128 Å². The fraction of sp³-hybridized carbons (Fsp3) is 0.118. The van der Waals surface area contributed by atoms with E-state index in [1.807, 2.05) is 55.5 Å². The molecule has 0 saturated carbocycles. The van der Waals surface area contributed by atoms with Crippen LogP contribution >= 0.6 is 11.6 Å². The summed E-state index contributed by atoms with van der Waals surface area (Å²) in [5, 5.41) is 2.62. The molecule has 2 aromatic carbocycles. The molecule has 1 aromatic heterocycles. The van der Waals surface area contributed by atoms with Crippen LogP contribution in [0, 0.1) is 0 Å². The minimum Gasteiger partial charge on any atom is -0.438 e. The number of pyridine rings is 1. The van der Waals surface area contributed by atoms with Gasteiger partial charge in [-0.1, -0.05) is 35.9 Å². The summed E-state index contributed by atoms with van der Waals surface area (Å²) in [4.78, 5) is 4.24. The highest BCUT2D eigenvalue weighted by atomic mass is 35.5. The van der Waals surface area contributed by atoms with E-state index < -0.39 is 0 Å². The zero-order valence-corrected chi connectivity index (χ0v) is 12.3. The van der Waals surface area contributed by atoms with Crippen LogP contribution in [0.3, 0.4) is 0 Å². The van der Waals surface area contributed by atoms with E-state index >= 15 is 0 Å². The molecule has 4 heteroatoms. The average Bonchev–Trinajstić information content (AvgIpc) is 2.51. The van der Waals surface area contributed by atoms with Crippen LogP contribution < -0.4 is 10.5 Å². The molecular weight excluding hydrogens is 284 g/mol. The van der Waals surface area contributed by atoms with Crippen LogP contribution in [0.4, 0.5) is 0 Å². The minimum atomic E-state index is -0.0580. The van der Waals surface area contributed by atoms with E-state index in [2.05, 4.69) is 4.98 Å². The second kappa shape index (κ2) is 5.72. The molecule has 0 aliphatic carbocycles. The molecule has 2 N–H and O–H groups in total. The molecule has 0 bridgehead atoms. The summed E-state index contributed by atoms with van der Waals surface area (Å²) in [7, 11) is 0. The molecule has 106 valence electrons. The number of nitrogens with two attached hydrogens (primary N) is 1. The van der Waals surface area contributed by atoms with E-state index in [0.717, 1.165) is 22.1 Å². The van der Waals surface area contributed by atoms with Crippen molar-refractivity contribution in [1.82, 2.24) is 4.98 Å². The zero-order valence-electron chi connectivity index (χ0n) is 11.6.